The number of benzene rings is 1. The zero-order valence-electron chi connectivity index (χ0n) is 20.2. The van der Waals surface area contributed by atoms with Gasteiger partial charge in [0.1, 0.15) is 11.5 Å². The van der Waals surface area contributed by atoms with Gasteiger partial charge in [-0.2, -0.15) is 5.10 Å². The van der Waals surface area contributed by atoms with Crippen LogP contribution >= 0.6 is 0 Å². The van der Waals surface area contributed by atoms with Crippen LogP contribution in [0.2, 0.25) is 0 Å². The first-order valence-corrected chi connectivity index (χ1v) is 11.4. The number of imidazole rings is 1. The largest absolute Gasteiger partial charge is 0.350 e. The van der Waals surface area contributed by atoms with E-state index in [4.69, 9.17) is 9.97 Å². The van der Waals surface area contributed by atoms with E-state index in [1.165, 1.54) is 12.1 Å². The fourth-order valence-electron chi connectivity index (χ4n) is 4.07. The zero-order valence-corrected chi connectivity index (χ0v) is 20.2. The molecule has 1 aromatic carbocycles. The molecule has 0 aliphatic carbocycles. The van der Waals surface area contributed by atoms with E-state index in [1.54, 1.807) is 18.3 Å². The Morgan fingerprint density at radius 1 is 1.06 bits per heavy atom. The lowest BCUT2D eigenvalue weighted by Crippen LogP contribution is -2.10. The molecular formula is C26H27FN8. The van der Waals surface area contributed by atoms with Crippen LogP contribution in [-0.2, 0) is 20.1 Å². The number of aromatic nitrogens is 6. The molecule has 5 aromatic rings. The van der Waals surface area contributed by atoms with Crippen LogP contribution in [0.25, 0.3) is 28.3 Å². The smallest absolute Gasteiger partial charge is 0.223 e. The van der Waals surface area contributed by atoms with E-state index in [9.17, 15) is 4.39 Å². The molecule has 5 rings (SSSR count). The Morgan fingerprint density at radius 3 is 2.57 bits per heavy atom. The fourth-order valence-corrected chi connectivity index (χ4v) is 4.07. The van der Waals surface area contributed by atoms with Gasteiger partial charge in [0.2, 0.25) is 5.95 Å². The van der Waals surface area contributed by atoms with E-state index in [-0.39, 0.29) is 5.82 Å². The third kappa shape index (κ3) is 4.63. The third-order valence-electron chi connectivity index (χ3n) is 5.98. The van der Waals surface area contributed by atoms with Crippen molar-refractivity contribution < 1.29 is 4.39 Å². The minimum atomic E-state index is -0.286. The topological polar surface area (TPSA) is 76.2 Å². The molecule has 35 heavy (non-hydrogen) atoms. The molecular weight excluding hydrogens is 443 g/mol. The van der Waals surface area contributed by atoms with Crippen molar-refractivity contribution in [2.75, 3.05) is 19.4 Å². The fraction of sp³-hybridized carbons (Fsp3) is 0.231. The number of halogens is 1. The molecule has 0 amide bonds. The lowest BCUT2D eigenvalue weighted by Gasteiger charge is -2.10. The number of pyridine rings is 1. The summed E-state index contributed by atoms with van der Waals surface area (Å²) in [6.07, 6.45) is 5.58. The van der Waals surface area contributed by atoms with Gasteiger partial charge < -0.3 is 10.2 Å². The van der Waals surface area contributed by atoms with E-state index < -0.39 is 0 Å². The lowest BCUT2D eigenvalue weighted by molar-refractivity contribution is 0.402. The lowest BCUT2D eigenvalue weighted by atomic mass is 10.1. The predicted molar refractivity (Wildman–Crippen MR) is 134 cm³/mol. The minimum Gasteiger partial charge on any atom is -0.350 e. The average Bonchev–Trinajstić information content (AvgIpc) is 3.37. The number of aryl methyl sites for hydroxylation is 1. The van der Waals surface area contributed by atoms with Crippen LogP contribution in [-0.4, -0.2) is 48.1 Å². The molecule has 8 nitrogen and oxygen atoms in total. The number of nitrogens with one attached hydrogen (secondary N) is 1. The highest BCUT2D eigenvalue weighted by Gasteiger charge is 2.18. The Labute approximate surface area is 203 Å². The maximum Gasteiger partial charge on any atom is 0.223 e. The van der Waals surface area contributed by atoms with Gasteiger partial charge in [-0.1, -0.05) is 0 Å². The number of hydrogen-bond donors (Lipinski definition) is 1. The molecule has 0 aliphatic rings. The molecule has 1 N–H and O–H groups in total. The summed E-state index contributed by atoms with van der Waals surface area (Å²) in [7, 11) is 5.99. The summed E-state index contributed by atoms with van der Waals surface area (Å²) in [5.74, 6) is 0.224. The van der Waals surface area contributed by atoms with Gasteiger partial charge in [0.25, 0.3) is 0 Å². The highest BCUT2D eigenvalue weighted by molar-refractivity contribution is 5.80. The van der Waals surface area contributed by atoms with Crippen molar-refractivity contribution in [2.24, 2.45) is 7.05 Å². The Morgan fingerprint density at radius 2 is 1.86 bits per heavy atom. The average molecular weight is 471 g/mol. The molecule has 0 fully saturated rings. The normalized spacial score (nSPS) is 11.5. The monoisotopic (exact) mass is 470 g/mol. The molecule has 178 valence electrons. The Balaban J connectivity index is 1.57. The molecule has 9 heteroatoms. The summed E-state index contributed by atoms with van der Waals surface area (Å²) in [6.45, 7) is 3.40. The molecule has 0 radical (unpaired) electrons. The summed E-state index contributed by atoms with van der Waals surface area (Å²) in [4.78, 5) is 16.2. The molecule has 0 aliphatic heterocycles. The van der Waals surface area contributed by atoms with Gasteiger partial charge in [0, 0.05) is 49.4 Å². The molecule has 4 heterocycles. The number of fused-ring (bicyclic) bond motifs is 1. The number of anilines is 1. The number of rotatable bonds is 7. The van der Waals surface area contributed by atoms with Crippen LogP contribution in [0.15, 0.2) is 61.1 Å². The van der Waals surface area contributed by atoms with Crippen molar-refractivity contribution >= 4 is 11.6 Å². The first kappa shape index (κ1) is 22.7. The second kappa shape index (κ2) is 9.27. The van der Waals surface area contributed by atoms with Crippen LogP contribution in [0.1, 0.15) is 16.8 Å². The van der Waals surface area contributed by atoms with Crippen LogP contribution in [0.4, 0.5) is 10.3 Å². The molecule has 0 saturated carbocycles. The highest BCUT2D eigenvalue weighted by atomic mass is 19.1. The van der Waals surface area contributed by atoms with Crippen LogP contribution in [0.5, 0.6) is 0 Å². The van der Waals surface area contributed by atoms with E-state index in [0.717, 1.165) is 51.7 Å². The van der Waals surface area contributed by atoms with Crippen molar-refractivity contribution in [2.45, 2.75) is 20.0 Å². The Hall–Kier alpha value is -4.11. The quantitative estimate of drug-likeness (QED) is 0.382. The van der Waals surface area contributed by atoms with Gasteiger partial charge in [-0.25, -0.2) is 19.3 Å². The van der Waals surface area contributed by atoms with Gasteiger partial charge in [0.05, 0.1) is 23.3 Å². The summed E-state index contributed by atoms with van der Waals surface area (Å²) < 4.78 is 17.5. The van der Waals surface area contributed by atoms with Crippen molar-refractivity contribution in [1.82, 2.24) is 34.0 Å². The number of hydrogen-bond acceptors (Lipinski definition) is 6. The molecule has 0 spiro atoms. The maximum atomic E-state index is 13.6. The minimum absolute atomic E-state index is 0.286. The predicted octanol–water partition coefficient (Wildman–Crippen LogP) is 4.31. The van der Waals surface area contributed by atoms with Gasteiger partial charge in [-0.05, 0) is 69.0 Å². The molecule has 0 bridgehead atoms. The van der Waals surface area contributed by atoms with Crippen molar-refractivity contribution in [3.05, 3.63) is 83.7 Å². The Kier molecular flexibility index (Phi) is 6.00. The molecule has 4 aromatic heterocycles. The summed E-state index contributed by atoms with van der Waals surface area (Å²) in [5, 5.41) is 7.59. The third-order valence-corrected chi connectivity index (χ3v) is 5.98. The van der Waals surface area contributed by atoms with Crippen molar-refractivity contribution in [3.8, 4) is 22.6 Å². The molecule has 0 saturated heterocycles. The second-order valence-electron chi connectivity index (χ2n) is 8.81. The van der Waals surface area contributed by atoms with E-state index in [1.807, 2.05) is 55.6 Å². The van der Waals surface area contributed by atoms with Crippen molar-refractivity contribution in [3.63, 3.8) is 0 Å². The Bertz CT molecular complexity index is 1480. The van der Waals surface area contributed by atoms with Crippen LogP contribution in [0, 0.1) is 12.7 Å². The SMILES string of the molecule is Cc1c(CNc2nccc(-c3c(-c4ccc(F)cc4)nc4cc(CN(C)C)ccn34)n2)cnn1C. The first-order valence-electron chi connectivity index (χ1n) is 11.4. The van der Waals surface area contributed by atoms with E-state index >= 15 is 0 Å². The molecule has 0 unspecified atom stereocenters. The standard InChI is InChI=1S/C26H27FN8/c1-17-20(15-30-34(17)4)14-29-26-28-11-9-22(31-26)25-24(19-5-7-21(27)8-6-19)32-23-13-18(16-33(2)3)10-12-35(23)25/h5-13,15H,14,16H2,1-4H3,(H,28,29,31). The zero-order chi connectivity index (χ0) is 24.5. The highest BCUT2D eigenvalue weighted by Crippen LogP contribution is 2.32. The van der Waals surface area contributed by atoms with E-state index in [0.29, 0.717) is 12.5 Å². The van der Waals surface area contributed by atoms with Gasteiger partial charge in [-0.15, -0.1) is 0 Å². The van der Waals surface area contributed by atoms with Gasteiger partial charge in [0.15, 0.2) is 0 Å². The van der Waals surface area contributed by atoms with Gasteiger partial charge >= 0.3 is 0 Å². The first-order chi connectivity index (χ1) is 16.9. The van der Waals surface area contributed by atoms with Crippen LogP contribution < -0.4 is 5.32 Å². The van der Waals surface area contributed by atoms with Crippen LogP contribution in [0.3, 0.4) is 0 Å². The molecule has 0 atom stereocenters. The van der Waals surface area contributed by atoms with Gasteiger partial charge in [-0.3, -0.25) is 9.08 Å². The van der Waals surface area contributed by atoms with E-state index in [2.05, 4.69) is 32.4 Å². The second-order valence-corrected chi connectivity index (χ2v) is 8.81. The summed E-state index contributed by atoms with van der Waals surface area (Å²) in [5.41, 5.74) is 7.22. The number of nitrogens with zero attached hydrogens (tertiary/aromatic N) is 7. The summed E-state index contributed by atoms with van der Waals surface area (Å²) in [6, 6.07) is 12.4. The maximum absolute atomic E-state index is 13.6. The summed E-state index contributed by atoms with van der Waals surface area (Å²) >= 11 is 0. The van der Waals surface area contributed by atoms with Crippen molar-refractivity contribution in [1.29, 1.82) is 0 Å².